The second-order valence-corrected chi connectivity index (χ2v) is 4.11. The first-order chi connectivity index (χ1) is 7.63. The van der Waals surface area contributed by atoms with Gasteiger partial charge in [-0.15, -0.1) is 0 Å². The molecule has 0 bridgehead atoms. The number of likely N-dealkylation sites (tertiary alicyclic amines) is 1. The molecule has 2 rings (SSSR count). The summed E-state index contributed by atoms with van der Waals surface area (Å²) in [7, 11) is 0. The number of carbonyl (C=O) groups excluding carboxylic acids is 1. The Morgan fingerprint density at radius 3 is 2.31 bits per heavy atom. The number of carbonyl (C=O) groups is 1. The van der Waals surface area contributed by atoms with E-state index in [-0.39, 0.29) is 5.91 Å². The van der Waals surface area contributed by atoms with Crippen LogP contribution in [0.5, 0.6) is 0 Å². The molecule has 1 heterocycles. The van der Waals surface area contributed by atoms with Gasteiger partial charge in [0.25, 0.3) is 0 Å². The Morgan fingerprint density at radius 2 is 2.00 bits per heavy atom. The lowest BCUT2D eigenvalue weighted by Gasteiger charge is -2.05. The summed E-state index contributed by atoms with van der Waals surface area (Å²) in [4.78, 5) is 12.3. The lowest BCUT2D eigenvalue weighted by atomic mass is 10.2. The second kappa shape index (κ2) is 6.33. The first-order valence-corrected chi connectivity index (χ1v) is 5.65. The molecule has 0 aliphatic carbocycles. The minimum Gasteiger partial charge on any atom is -0.320 e. The molecule has 1 aliphatic heterocycles. The molecule has 16 heavy (non-hydrogen) atoms. The van der Waals surface area contributed by atoms with E-state index >= 15 is 0 Å². The largest absolute Gasteiger partial charge is 0.320 e. The van der Waals surface area contributed by atoms with Crippen LogP contribution in [0.2, 0.25) is 5.02 Å². The molecule has 0 aromatic heterocycles. The fraction of sp³-hybridized carbons (Fsp3) is 0.308. The highest BCUT2D eigenvalue weighted by Gasteiger charge is 2.15. The summed E-state index contributed by atoms with van der Waals surface area (Å²) in [5.41, 5.74) is 1.24. The van der Waals surface area contributed by atoms with E-state index < -0.39 is 0 Å². The molecule has 1 aromatic rings. The van der Waals surface area contributed by atoms with Crippen LogP contribution < -0.4 is 0 Å². The van der Waals surface area contributed by atoms with Crippen LogP contribution in [-0.2, 0) is 4.79 Å². The molecule has 0 spiro atoms. The van der Waals surface area contributed by atoms with Crippen molar-refractivity contribution in [2.24, 2.45) is 0 Å². The molecule has 0 radical (unpaired) electrons. The average molecular weight is 238 g/mol. The van der Waals surface area contributed by atoms with Crippen molar-refractivity contribution in [3.05, 3.63) is 47.6 Å². The number of amides is 1. The molecule has 86 valence electrons. The molecule has 1 saturated heterocycles. The monoisotopic (exact) mass is 237 g/mol. The quantitative estimate of drug-likeness (QED) is 0.733. The standard InChI is InChI=1S/C7H7Cl.C6H9NO/c1-6-2-4-7(8)5-3-6;1-2-7-5-3-4-6(7)8/h2-5H,1H3;2H,1,3-5H2. The molecule has 2 nitrogen and oxygen atoms in total. The number of halogens is 1. The maximum Gasteiger partial charge on any atom is 0.226 e. The fourth-order valence-corrected chi connectivity index (χ4v) is 1.52. The van der Waals surface area contributed by atoms with Crippen LogP contribution in [0.3, 0.4) is 0 Å². The topological polar surface area (TPSA) is 20.3 Å². The van der Waals surface area contributed by atoms with E-state index in [1.165, 1.54) is 5.56 Å². The van der Waals surface area contributed by atoms with Crippen LogP contribution in [0.4, 0.5) is 0 Å². The van der Waals surface area contributed by atoms with Crippen LogP contribution in [0.1, 0.15) is 18.4 Å². The number of hydrogen-bond acceptors (Lipinski definition) is 1. The number of nitrogens with zero attached hydrogens (tertiary/aromatic N) is 1. The molecule has 1 amide bonds. The zero-order valence-corrected chi connectivity index (χ0v) is 10.2. The van der Waals surface area contributed by atoms with E-state index in [0.717, 1.165) is 18.0 Å². The van der Waals surface area contributed by atoms with Gasteiger partial charge in [0, 0.05) is 18.0 Å². The summed E-state index contributed by atoms with van der Waals surface area (Å²) >= 11 is 5.61. The van der Waals surface area contributed by atoms with Gasteiger partial charge in [0.1, 0.15) is 0 Å². The summed E-state index contributed by atoms with van der Waals surface area (Å²) in [6, 6.07) is 7.75. The van der Waals surface area contributed by atoms with Crippen molar-refractivity contribution in [3.63, 3.8) is 0 Å². The van der Waals surface area contributed by atoms with E-state index in [0.29, 0.717) is 6.42 Å². The summed E-state index contributed by atoms with van der Waals surface area (Å²) in [5.74, 6) is 0.208. The highest BCUT2D eigenvalue weighted by molar-refractivity contribution is 6.30. The van der Waals surface area contributed by atoms with Gasteiger partial charge in [0.2, 0.25) is 5.91 Å². The van der Waals surface area contributed by atoms with Crippen molar-refractivity contribution in [2.75, 3.05) is 6.54 Å². The third-order valence-electron chi connectivity index (χ3n) is 2.34. The summed E-state index contributed by atoms with van der Waals surface area (Å²) in [6.07, 6.45) is 3.28. The molecule has 3 heteroatoms. The van der Waals surface area contributed by atoms with Crippen LogP contribution in [0, 0.1) is 6.92 Å². The van der Waals surface area contributed by atoms with Crippen molar-refractivity contribution < 1.29 is 4.79 Å². The average Bonchev–Trinajstić information content (AvgIpc) is 2.69. The summed E-state index contributed by atoms with van der Waals surface area (Å²) in [5, 5.41) is 0.801. The Morgan fingerprint density at radius 1 is 1.38 bits per heavy atom. The Balaban J connectivity index is 0.000000160. The lowest BCUT2D eigenvalue weighted by Crippen LogP contribution is -2.16. The van der Waals surface area contributed by atoms with Crippen LogP contribution in [0.25, 0.3) is 0 Å². The van der Waals surface area contributed by atoms with Crippen LogP contribution in [-0.4, -0.2) is 17.4 Å². The van der Waals surface area contributed by atoms with Gasteiger partial charge in [0.05, 0.1) is 0 Å². The highest BCUT2D eigenvalue weighted by atomic mass is 35.5. The SMILES string of the molecule is C=CN1CCCC1=O.Cc1ccc(Cl)cc1. The fourth-order valence-electron chi connectivity index (χ4n) is 1.40. The lowest BCUT2D eigenvalue weighted by molar-refractivity contribution is -0.125. The molecule has 1 fully saturated rings. The highest BCUT2D eigenvalue weighted by Crippen LogP contribution is 2.08. The number of rotatable bonds is 1. The van der Waals surface area contributed by atoms with Crippen molar-refractivity contribution in [1.29, 1.82) is 0 Å². The molecular formula is C13H16ClNO. The Kier molecular flexibility index (Phi) is 5.06. The first-order valence-electron chi connectivity index (χ1n) is 5.27. The van der Waals surface area contributed by atoms with Crippen molar-refractivity contribution in [1.82, 2.24) is 4.90 Å². The van der Waals surface area contributed by atoms with Crippen molar-refractivity contribution in [3.8, 4) is 0 Å². The zero-order chi connectivity index (χ0) is 12.0. The minimum atomic E-state index is 0.208. The van der Waals surface area contributed by atoms with Gasteiger partial charge in [-0.1, -0.05) is 35.9 Å². The second-order valence-electron chi connectivity index (χ2n) is 3.67. The number of benzene rings is 1. The molecule has 0 atom stereocenters. The van der Waals surface area contributed by atoms with E-state index in [1.807, 2.05) is 31.2 Å². The van der Waals surface area contributed by atoms with E-state index in [1.54, 1.807) is 11.1 Å². The van der Waals surface area contributed by atoms with Crippen LogP contribution >= 0.6 is 11.6 Å². The maximum atomic E-state index is 10.7. The molecule has 0 saturated carbocycles. The minimum absolute atomic E-state index is 0.208. The molecule has 1 aromatic carbocycles. The van der Waals surface area contributed by atoms with Gasteiger partial charge < -0.3 is 4.90 Å². The van der Waals surface area contributed by atoms with Gasteiger partial charge in [-0.2, -0.15) is 0 Å². The van der Waals surface area contributed by atoms with Crippen molar-refractivity contribution >= 4 is 17.5 Å². The third kappa shape index (κ3) is 4.07. The molecule has 0 N–H and O–H groups in total. The number of hydrogen-bond donors (Lipinski definition) is 0. The number of aryl methyl sites for hydroxylation is 1. The van der Waals surface area contributed by atoms with E-state index in [4.69, 9.17) is 11.6 Å². The molecule has 0 unspecified atom stereocenters. The maximum absolute atomic E-state index is 10.7. The Bertz CT molecular complexity index is 338. The predicted molar refractivity (Wildman–Crippen MR) is 67.3 cm³/mol. The van der Waals surface area contributed by atoms with Crippen molar-refractivity contribution in [2.45, 2.75) is 19.8 Å². The van der Waals surface area contributed by atoms with Gasteiger partial charge in [-0.3, -0.25) is 4.79 Å². The molecule has 1 aliphatic rings. The van der Waals surface area contributed by atoms with Gasteiger partial charge in [0.15, 0.2) is 0 Å². The zero-order valence-electron chi connectivity index (χ0n) is 9.45. The van der Waals surface area contributed by atoms with Gasteiger partial charge in [-0.25, -0.2) is 0 Å². The summed E-state index contributed by atoms with van der Waals surface area (Å²) < 4.78 is 0. The first kappa shape index (κ1) is 12.8. The third-order valence-corrected chi connectivity index (χ3v) is 2.59. The molecular weight excluding hydrogens is 222 g/mol. The van der Waals surface area contributed by atoms with Crippen LogP contribution in [0.15, 0.2) is 37.0 Å². The van der Waals surface area contributed by atoms with E-state index in [2.05, 4.69) is 6.58 Å². The van der Waals surface area contributed by atoms with E-state index in [9.17, 15) is 4.79 Å². The summed E-state index contributed by atoms with van der Waals surface area (Å²) in [6.45, 7) is 6.40. The Labute approximate surface area is 102 Å². The predicted octanol–water partition coefficient (Wildman–Crippen LogP) is 3.40. The Hall–Kier alpha value is -1.28. The smallest absolute Gasteiger partial charge is 0.226 e. The normalized spacial score (nSPS) is 14.4. The van der Waals surface area contributed by atoms with Gasteiger partial charge in [-0.05, 0) is 31.7 Å². The van der Waals surface area contributed by atoms with Gasteiger partial charge >= 0.3 is 0 Å².